The normalized spacial score (nSPS) is 31.4. The van der Waals surface area contributed by atoms with Crippen LogP contribution in [0, 0.1) is 17.8 Å². The van der Waals surface area contributed by atoms with Crippen LogP contribution in [0.25, 0.3) is 5.69 Å². The number of hydrogen-bond donors (Lipinski definition) is 1. The van der Waals surface area contributed by atoms with Crippen molar-refractivity contribution in [2.45, 2.75) is 50.7 Å². The Morgan fingerprint density at radius 2 is 1.94 bits per heavy atom. The Kier molecular flexibility index (Phi) is 4.07. The average Bonchev–Trinajstić information content (AvgIpc) is 3.56. The number of carbonyl (C=O) groups is 4. The lowest BCUT2D eigenvalue weighted by Crippen LogP contribution is -2.60. The smallest absolute Gasteiger partial charge is 0.276 e. The van der Waals surface area contributed by atoms with Crippen LogP contribution in [0.15, 0.2) is 24.4 Å². The van der Waals surface area contributed by atoms with Gasteiger partial charge in [-0.3, -0.25) is 24.5 Å². The highest BCUT2D eigenvalue weighted by molar-refractivity contribution is 6.05. The minimum atomic E-state index is -0.650. The van der Waals surface area contributed by atoms with Gasteiger partial charge >= 0.3 is 0 Å². The summed E-state index contributed by atoms with van der Waals surface area (Å²) in [5.41, 5.74) is 2.35. The molecule has 5 aliphatic rings. The summed E-state index contributed by atoms with van der Waals surface area (Å²) in [5, 5.41) is 10.6. The lowest BCUT2D eigenvalue weighted by molar-refractivity contribution is -0.136. The molecule has 0 spiro atoms. The number of benzene rings is 1. The van der Waals surface area contributed by atoms with Crippen LogP contribution in [-0.4, -0.2) is 67.1 Å². The van der Waals surface area contributed by atoms with Crippen molar-refractivity contribution in [3.05, 3.63) is 41.2 Å². The minimum absolute atomic E-state index is 0.0552. The zero-order chi connectivity index (χ0) is 23.1. The van der Waals surface area contributed by atoms with E-state index in [1.165, 1.54) is 24.2 Å². The second-order valence-electron chi connectivity index (χ2n) is 10.2. The molecule has 3 aliphatic heterocycles. The van der Waals surface area contributed by atoms with Gasteiger partial charge in [0.1, 0.15) is 6.04 Å². The van der Waals surface area contributed by atoms with Gasteiger partial charge in [0.15, 0.2) is 5.69 Å². The molecule has 174 valence electrons. The van der Waals surface area contributed by atoms with E-state index in [0.29, 0.717) is 41.2 Å². The van der Waals surface area contributed by atoms with E-state index in [0.717, 1.165) is 18.0 Å². The van der Waals surface area contributed by atoms with Crippen LogP contribution < -0.4 is 5.32 Å². The first-order valence-corrected chi connectivity index (χ1v) is 12.0. The molecule has 1 N–H and O–H groups in total. The highest BCUT2D eigenvalue weighted by Gasteiger charge is 2.58. The van der Waals surface area contributed by atoms with Crippen molar-refractivity contribution in [3.8, 4) is 5.69 Å². The molecule has 34 heavy (non-hydrogen) atoms. The number of likely N-dealkylation sites (tertiary alicyclic amines) is 1. The molecule has 1 aromatic carbocycles. The van der Waals surface area contributed by atoms with E-state index in [1.54, 1.807) is 23.0 Å². The predicted octanol–water partition coefficient (Wildman–Crippen LogP) is 0.899. The molecule has 10 heteroatoms. The summed E-state index contributed by atoms with van der Waals surface area (Å²) in [6.07, 6.45) is 6.00. The van der Waals surface area contributed by atoms with Gasteiger partial charge in [0.25, 0.3) is 11.8 Å². The van der Waals surface area contributed by atoms with Gasteiger partial charge in [-0.2, -0.15) is 0 Å². The van der Waals surface area contributed by atoms with Crippen LogP contribution in [0.2, 0.25) is 0 Å². The number of nitrogens with one attached hydrogen (secondary N) is 1. The molecular formula is C24H24N6O4. The quantitative estimate of drug-likeness (QED) is 0.680. The topological polar surface area (TPSA) is 118 Å². The third-order valence-electron chi connectivity index (χ3n) is 8.55. The largest absolute Gasteiger partial charge is 0.333 e. The average molecular weight is 460 g/mol. The van der Waals surface area contributed by atoms with E-state index in [-0.39, 0.29) is 30.7 Å². The van der Waals surface area contributed by atoms with E-state index >= 15 is 0 Å². The van der Waals surface area contributed by atoms with Crippen molar-refractivity contribution >= 4 is 23.6 Å². The van der Waals surface area contributed by atoms with Gasteiger partial charge in [0.05, 0.1) is 11.9 Å². The third kappa shape index (κ3) is 2.74. The molecule has 10 nitrogen and oxygen atoms in total. The van der Waals surface area contributed by atoms with Crippen molar-refractivity contribution in [2.24, 2.45) is 17.8 Å². The second-order valence-corrected chi connectivity index (χ2v) is 10.2. The van der Waals surface area contributed by atoms with Crippen molar-refractivity contribution in [1.29, 1.82) is 0 Å². The number of carbonyl (C=O) groups excluding carboxylic acids is 4. The van der Waals surface area contributed by atoms with Crippen molar-refractivity contribution in [2.75, 3.05) is 6.54 Å². The Morgan fingerprint density at radius 1 is 1.09 bits per heavy atom. The Balaban J connectivity index is 1.09. The maximum atomic E-state index is 13.1. The number of hydrogen-bond acceptors (Lipinski definition) is 6. The van der Waals surface area contributed by atoms with Crippen molar-refractivity contribution in [3.63, 3.8) is 0 Å². The van der Waals surface area contributed by atoms with Crippen LogP contribution in [0.4, 0.5) is 0 Å². The summed E-state index contributed by atoms with van der Waals surface area (Å²) in [6.45, 7) is 1.11. The number of fused-ring (bicyclic) bond motifs is 6. The fourth-order valence-corrected chi connectivity index (χ4v) is 6.89. The summed E-state index contributed by atoms with van der Waals surface area (Å²) in [7, 11) is 0. The summed E-state index contributed by atoms with van der Waals surface area (Å²) in [6, 6.07) is 5.06. The molecule has 4 amide bonds. The molecule has 2 aliphatic carbocycles. The Morgan fingerprint density at radius 3 is 2.76 bits per heavy atom. The van der Waals surface area contributed by atoms with Crippen molar-refractivity contribution in [1.82, 2.24) is 30.1 Å². The van der Waals surface area contributed by atoms with E-state index in [2.05, 4.69) is 15.6 Å². The first-order valence-electron chi connectivity index (χ1n) is 12.0. The van der Waals surface area contributed by atoms with Crippen LogP contribution in [0.1, 0.15) is 58.5 Å². The monoisotopic (exact) mass is 460 g/mol. The molecule has 1 unspecified atom stereocenters. The Bertz CT molecular complexity index is 1270. The molecule has 5 atom stereocenters. The molecule has 4 heterocycles. The molecular weight excluding hydrogens is 436 g/mol. The van der Waals surface area contributed by atoms with Gasteiger partial charge in [-0.1, -0.05) is 5.21 Å². The number of nitrogens with zero attached hydrogens (tertiary/aromatic N) is 5. The molecule has 7 rings (SSSR count). The molecule has 2 saturated carbocycles. The van der Waals surface area contributed by atoms with Crippen LogP contribution >= 0.6 is 0 Å². The first kappa shape index (κ1) is 19.9. The molecule has 2 aromatic rings. The molecule has 0 radical (unpaired) electrons. The highest BCUT2D eigenvalue weighted by Crippen LogP contribution is 2.55. The number of piperidine rings is 1. The molecule has 2 saturated heterocycles. The lowest BCUT2D eigenvalue weighted by Gasteiger charge is -2.50. The van der Waals surface area contributed by atoms with Crippen molar-refractivity contribution < 1.29 is 19.2 Å². The molecule has 2 bridgehead atoms. The summed E-state index contributed by atoms with van der Waals surface area (Å²) >= 11 is 0. The third-order valence-corrected chi connectivity index (χ3v) is 8.55. The fourth-order valence-electron chi connectivity index (χ4n) is 6.89. The van der Waals surface area contributed by atoms with Crippen LogP contribution in [0.3, 0.4) is 0 Å². The van der Waals surface area contributed by atoms with E-state index in [9.17, 15) is 19.2 Å². The number of rotatable bonds is 3. The predicted molar refractivity (Wildman–Crippen MR) is 117 cm³/mol. The number of aromatic nitrogens is 3. The molecule has 4 fully saturated rings. The fraction of sp³-hybridized carbons (Fsp3) is 0.500. The van der Waals surface area contributed by atoms with E-state index < -0.39 is 11.9 Å². The highest BCUT2D eigenvalue weighted by atomic mass is 16.2. The van der Waals surface area contributed by atoms with E-state index in [4.69, 9.17) is 0 Å². The van der Waals surface area contributed by atoms with E-state index in [1.807, 2.05) is 11.0 Å². The van der Waals surface area contributed by atoms with Gasteiger partial charge in [0.2, 0.25) is 11.8 Å². The second kappa shape index (κ2) is 6.97. The maximum absolute atomic E-state index is 13.1. The zero-order valence-electron chi connectivity index (χ0n) is 18.5. The van der Waals surface area contributed by atoms with Gasteiger partial charge in [-0.05, 0) is 61.3 Å². The molecule has 1 aromatic heterocycles. The minimum Gasteiger partial charge on any atom is -0.333 e. The first-order chi connectivity index (χ1) is 16.5. The standard InChI is InChI=1S/C24H24N6O4/c31-20-6-5-19(22(32)25-20)28-9-14-8-15(3-4-16(14)23(28)33)30-11-18(26-27-30)24(34)29-10-17-12-1-2-13(7-12)21(17)29/h3-4,8,11-13,17,19,21H,1-2,5-7,9-10H2,(H,25,31,32)/t12-,13+,17+,19?,21-/m1/s1. The van der Waals surface area contributed by atoms with Gasteiger partial charge < -0.3 is 9.80 Å². The SMILES string of the molecule is O=C1CCC(N2Cc3cc(-n4cc(C(=O)N5C[C@H]6[C@@H]7CC[C@@H](C7)[C@H]65)nn4)ccc3C2=O)C(=O)N1. The summed E-state index contributed by atoms with van der Waals surface area (Å²) in [4.78, 5) is 53.2. The van der Waals surface area contributed by atoms with Crippen LogP contribution in [0.5, 0.6) is 0 Å². The maximum Gasteiger partial charge on any atom is 0.276 e. The van der Waals surface area contributed by atoms with Crippen LogP contribution in [-0.2, 0) is 16.1 Å². The number of imide groups is 1. The lowest BCUT2D eigenvalue weighted by atomic mass is 9.76. The Labute approximate surface area is 195 Å². The summed E-state index contributed by atoms with van der Waals surface area (Å²) in [5.74, 6) is 1.09. The van der Waals surface area contributed by atoms with Gasteiger partial charge in [-0.25, -0.2) is 4.68 Å². The number of amides is 4. The Hall–Kier alpha value is -3.56. The van der Waals surface area contributed by atoms with Gasteiger partial charge in [0, 0.05) is 37.0 Å². The zero-order valence-corrected chi connectivity index (χ0v) is 18.5. The summed E-state index contributed by atoms with van der Waals surface area (Å²) < 4.78 is 1.56. The van der Waals surface area contributed by atoms with Gasteiger partial charge in [-0.15, -0.1) is 5.10 Å².